The molecule has 0 aromatic rings. The van der Waals surface area contributed by atoms with Gasteiger partial charge in [0, 0.05) is 25.9 Å². The zero-order chi connectivity index (χ0) is 13.4. The number of hydrogen-bond donors (Lipinski definition) is 3. The normalized spacial score (nSPS) is 17.4. The molecule has 2 amide bonds. The number of nitrogens with two attached hydrogens (primary N) is 1. The summed E-state index contributed by atoms with van der Waals surface area (Å²) in [5.74, 6) is 0.0337. The third-order valence-corrected chi connectivity index (χ3v) is 3.54. The molecule has 0 atom stereocenters. The van der Waals surface area contributed by atoms with Crippen molar-refractivity contribution in [3.8, 4) is 0 Å². The Morgan fingerprint density at radius 1 is 1.17 bits per heavy atom. The minimum absolute atomic E-state index is 0.0136. The molecule has 0 bridgehead atoms. The number of amides is 2. The minimum Gasteiger partial charge on any atom is -0.356 e. The van der Waals surface area contributed by atoms with Crippen LogP contribution >= 0.6 is 0 Å². The lowest BCUT2D eigenvalue weighted by atomic mass is 9.97. The molecule has 1 fully saturated rings. The van der Waals surface area contributed by atoms with E-state index in [0.29, 0.717) is 32.4 Å². The monoisotopic (exact) mass is 255 g/mol. The third-order valence-electron chi connectivity index (χ3n) is 3.54. The van der Waals surface area contributed by atoms with Crippen LogP contribution in [0.25, 0.3) is 0 Å². The molecule has 0 aromatic heterocycles. The fourth-order valence-electron chi connectivity index (χ4n) is 2.49. The number of hydrogen-bond acceptors (Lipinski definition) is 3. The second kappa shape index (κ2) is 7.36. The number of rotatable bonds is 7. The molecule has 4 N–H and O–H groups in total. The molecule has 1 aliphatic carbocycles. The van der Waals surface area contributed by atoms with Gasteiger partial charge in [0.15, 0.2) is 0 Å². The summed E-state index contributed by atoms with van der Waals surface area (Å²) < 4.78 is 0. The van der Waals surface area contributed by atoms with Crippen LogP contribution in [0.4, 0.5) is 0 Å². The van der Waals surface area contributed by atoms with Gasteiger partial charge in [0.2, 0.25) is 11.8 Å². The van der Waals surface area contributed by atoms with Crippen LogP contribution in [-0.4, -0.2) is 30.4 Å². The highest BCUT2D eigenvalue weighted by molar-refractivity contribution is 5.79. The van der Waals surface area contributed by atoms with E-state index in [1.807, 2.05) is 6.92 Å². The smallest absolute Gasteiger partial charge is 0.220 e. The molecule has 104 valence electrons. The summed E-state index contributed by atoms with van der Waals surface area (Å²) in [6.45, 7) is 3.03. The summed E-state index contributed by atoms with van der Waals surface area (Å²) in [5.41, 5.74) is 5.58. The molecule has 0 aliphatic heterocycles. The maximum absolute atomic E-state index is 11.8. The zero-order valence-electron chi connectivity index (χ0n) is 11.3. The van der Waals surface area contributed by atoms with Crippen molar-refractivity contribution in [3.63, 3.8) is 0 Å². The van der Waals surface area contributed by atoms with E-state index < -0.39 is 0 Å². The van der Waals surface area contributed by atoms with Crippen LogP contribution < -0.4 is 16.4 Å². The van der Waals surface area contributed by atoms with E-state index in [9.17, 15) is 9.59 Å². The number of carbonyl (C=O) groups is 2. The Kier molecular flexibility index (Phi) is 6.12. The van der Waals surface area contributed by atoms with E-state index in [4.69, 9.17) is 5.73 Å². The first-order valence-corrected chi connectivity index (χ1v) is 6.89. The van der Waals surface area contributed by atoms with Crippen molar-refractivity contribution < 1.29 is 9.59 Å². The van der Waals surface area contributed by atoms with Crippen molar-refractivity contribution in [2.75, 3.05) is 13.1 Å². The van der Waals surface area contributed by atoms with E-state index in [1.165, 1.54) is 0 Å². The Bertz CT molecular complexity index is 286. The highest BCUT2D eigenvalue weighted by atomic mass is 16.2. The molecule has 5 nitrogen and oxygen atoms in total. The van der Waals surface area contributed by atoms with Crippen LogP contribution in [0.3, 0.4) is 0 Å². The Hall–Kier alpha value is -1.10. The average molecular weight is 255 g/mol. The van der Waals surface area contributed by atoms with Gasteiger partial charge in [-0.3, -0.25) is 9.59 Å². The fraction of sp³-hybridized carbons (Fsp3) is 0.846. The summed E-state index contributed by atoms with van der Waals surface area (Å²) >= 11 is 0. The first-order chi connectivity index (χ1) is 8.62. The molecule has 1 rings (SSSR count). The van der Waals surface area contributed by atoms with Gasteiger partial charge in [0.05, 0.1) is 5.54 Å². The van der Waals surface area contributed by atoms with Crippen LogP contribution in [0.2, 0.25) is 0 Å². The largest absolute Gasteiger partial charge is 0.356 e. The zero-order valence-corrected chi connectivity index (χ0v) is 11.3. The van der Waals surface area contributed by atoms with Crippen molar-refractivity contribution in [1.82, 2.24) is 10.6 Å². The van der Waals surface area contributed by atoms with Gasteiger partial charge >= 0.3 is 0 Å². The first kappa shape index (κ1) is 15.0. The lowest BCUT2D eigenvalue weighted by molar-refractivity contribution is -0.123. The van der Waals surface area contributed by atoms with E-state index in [1.54, 1.807) is 0 Å². The fourth-order valence-corrected chi connectivity index (χ4v) is 2.49. The van der Waals surface area contributed by atoms with Crippen molar-refractivity contribution in [2.45, 2.75) is 57.4 Å². The van der Waals surface area contributed by atoms with E-state index in [0.717, 1.165) is 25.7 Å². The molecule has 1 aliphatic rings. The van der Waals surface area contributed by atoms with E-state index in [-0.39, 0.29) is 17.4 Å². The summed E-state index contributed by atoms with van der Waals surface area (Å²) in [6.07, 6.45) is 5.64. The van der Waals surface area contributed by atoms with Gasteiger partial charge in [0.25, 0.3) is 0 Å². The van der Waals surface area contributed by atoms with Crippen LogP contribution in [0.1, 0.15) is 51.9 Å². The highest BCUT2D eigenvalue weighted by Crippen LogP contribution is 2.28. The molecule has 18 heavy (non-hydrogen) atoms. The lowest BCUT2D eigenvalue weighted by Crippen LogP contribution is -2.51. The minimum atomic E-state index is -0.178. The van der Waals surface area contributed by atoms with Gasteiger partial charge in [-0.05, 0) is 26.2 Å². The molecular weight excluding hydrogens is 230 g/mol. The Labute approximate surface area is 109 Å². The van der Waals surface area contributed by atoms with Crippen LogP contribution in [0, 0.1) is 0 Å². The molecule has 0 spiro atoms. The summed E-state index contributed by atoms with van der Waals surface area (Å²) in [6, 6.07) is 0. The molecule has 5 heteroatoms. The topological polar surface area (TPSA) is 84.2 Å². The van der Waals surface area contributed by atoms with Crippen molar-refractivity contribution in [2.24, 2.45) is 5.73 Å². The predicted molar refractivity (Wildman–Crippen MR) is 70.9 cm³/mol. The molecule has 0 saturated heterocycles. The summed E-state index contributed by atoms with van der Waals surface area (Å²) in [5, 5.41) is 5.77. The molecule has 0 unspecified atom stereocenters. The van der Waals surface area contributed by atoms with Gasteiger partial charge in [-0.15, -0.1) is 0 Å². The molecular formula is C13H25N3O2. The van der Waals surface area contributed by atoms with Gasteiger partial charge in [-0.1, -0.05) is 12.8 Å². The molecule has 1 saturated carbocycles. The lowest BCUT2D eigenvalue weighted by Gasteiger charge is -2.28. The second-order valence-corrected chi connectivity index (χ2v) is 5.05. The highest BCUT2D eigenvalue weighted by Gasteiger charge is 2.33. The van der Waals surface area contributed by atoms with Crippen molar-refractivity contribution in [3.05, 3.63) is 0 Å². The standard InChI is InChI=1S/C13H25N3O2/c1-2-15-11(17)6-5-7-12(18)16-13(10-14)8-3-4-9-13/h2-10,14H2,1H3,(H,15,17)(H,16,18). The van der Waals surface area contributed by atoms with Crippen molar-refractivity contribution >= 4 is 11.8 Å². The van der Waals surface area contributed by atoms with Gasteiger partial charge in [-0.2, -0.15) is 0 Å². The van der Waals surface area contributed by atoms with Crippen LogP contribution in [0.15, 0.2) is 0 Å². The average Bonchev–Trinajstić information content (AvgIpc) is 2.78. The maximum atomic E-state index is 11.8. The quantitative estimate of drug-likeness (QED) is 0.625. The van der Waals surface area contributed by atoms with Crippen LogP contribution in [0.5, 0.6) is 0 Å². The third kappa shape index (κ3) is 4.64. The van der Waals surface area contributed by atoms with E-state index >= 15 is 0 Å². The summed E-state index contributed by atoms with van der Waals surface area (Å²) in [7, 11) is 0. The maximum Gasteiger partial charge on any atom is 0.220 e. The summed E-state index contributed by atoms with van der Waals surface area (Å²) in [4.78, 5) is 23.0. The molecule has 0 heterocycles. The second-order valence-electron chi connectivity index (χ2n) is 5.05. The first-order valence-electron chi connectivity index (χ1n) is 6.89. The van der Waals surface area contributed by atoms with Crippen molar-refractivity contribution in [1.29, 1.82) is 0 Å². The van der Waals surface area contributed by atoms with E-state index in [2.05, 4.69) is 10.6 Å². The number of nitrogens with one attached hydrogen (secondary N) is 2. The van der Waals surface area contributed by atoms with Gasteiger partial charge in [-0.25, -0.2) is 0 Å². The predicted octanol–water partition coefficient (Wildman–Crippen LogP) is 0.681. The molecule has 0 radical (unpaired) electrons. The van der Waals surface area contributed by atoms with Crippen LogP contribution in [-0.2, 0) is 9.59 Å². The molecule has 0 aromatic carbocycles. The number of carbonyl (C=O) groups excluding carboxylic acids is 2. The van der Waals surface area contributed by atoms with Gasteiger partial charge < -0.3 is 16.4 Å². The van der Waals surface area contributed by atoms with Gasteiger partial charge in [0.1, 0.15) is 0 Å². The Morgan fingerprint density at radius 2 is 1.78 bits per heavy atom. The Morgan fingerprint density at radius 3 is 2.33 bits per heavy atom. The Balaban J connectivity index is 2.22. The SMILES string of the molecule is CCNC(=O)CCCC(=O)NC1(CN)CCCC1.